The molecule has 0 aromatic carbocycles. The number of halogens is 2. The Morgan fingerprint density at radius 2 is 2.36 bits per heavy atom. The van der Waals surface area contributed by atoms with Gasteiger partial charge in [-0.1, -0.05) is 15.9 Å². The van der Waals surface area contributed by atoms with Gasteiger partial charge in [0.1, 0.15) is 0 Å². The van der Waals surface area contributed by atoms with Gasteiger partial charge in [0.05, 0.1) is 6.42 Å². The van der Waals surface area contributed by atoms with Gasteiger partial charge in [0.15, 0.2) is 5.83 Å². The monoisotopic (exact) mass is 221 g/mol. The average Bonchev–Trinajstić information content (AvgIpc) is 1.94. The molecule has 0 saturated carbocycles. The average molecular weight is 222 g/mol. The van der Waals surface area contributed by atoms with Crippen molar-refractivity contribution in [3.63, 3.8) is 0 Å². The van der Waals surface area contributed by atoms with E-state index >= 15 is 0 Å². The highest BCUT2D eigenvalue weighted by Crippen LogP contribution is 2.25. The minimum atomic E-state index is -1.20. The molecule has 0 fully saturated rings. The first kappa shape index (κ1) is 8.39. The summed E-state index contributed by atoms with van der Waals surface area (Å²) in [7, 11) is 0. The van der Waals surface area contributed by atoms with Crippen LogP contribution in [0.2, 0.25) is 0 Å². The fourth-order valence-corrected chi connectivity index (χ4v) is 1.25. The zero-order valence-corrected chi connectivity index (χ0v) is 7.04. The van der Waals surface area contributed by atoms with E-state index in [1.165, 1.54) is 6.08 Å². The second-order valence-corrected chi connectivity index (χ2v) is 3.19. The van der Waals surface area contributed by atoms with Gasteiger partial charge in [-0.05, 0) is 12.2 Å². The van der Waals surface area contributed by atoms with E-state index in [0.717, 1.165) is 6.08 Å². The molecule has 0 amide bonds. The van der Waals surface area contributed by atoms with Crippen molar-refractivity contribution < 1.29 is 9.31 Å². The number of hydrogen-bond donors (Lipinski definition) is 0. The Morgan fingerprint density at radius 3 is 2.82 bits per heavy atom. The van der Waals surface area contributed by atoms with Crippen LogP contribution in [0.3, 0.4) is 0 Å². The molecule has 60 valence electrons. The summed E-state index contributed by atoms with van der Waals surface area (Å²) >= 11 is 3.07. The van der Waals surface area contributed by atoms with Crippen LogP contribution >= 0.6 is 15.9 Å². The van der Waals surface area contributed by atoms with Crippen molar-refractivity contribution >= 4 is 15.9 Å². The summed E-state index contributed by atoms with van der Waals surface area (Å²) in [6, 6.07) is -1.20. The number of allylic oxidation sites excluding steroid dienone is 2. The molecule has 5 heteroatoms. The van der Waals surface area contributed by atoms with E-state index in [0.29, 0.717) is 4.48 Å². The first-order chi connectivity index (χ1) is 5.11. The molecule has 0 aromatic heterocycles. The Hall–Kier alpha value is -0.710. The Bertz CT molecular complexity index is 249. The largest absolute Gasteiger partial charge is 0.268 e. The van der Waals surface area contributed by atoms with Gasteiger partial charge in [-0.25, -0.2) is 4.39 Å². The summed E-state index contributed by atoms with van der Waals surface area (Å²) in [5, 5.41) is 10.2. The normalized spacial score (nSPS) is 24.0. The zero-order chi connectivity index (χ0) is 8.43. The summed E-state index contributed by atoms with van der Waals surface area (Å²) in [6.45, 7) is 0. The molecule has 3 nitrogen and oxygen atoms in total. The van der Waals surface area contributed by atoms with Crippen molar-refractivity contribution in [3.05, 3.63) is 32.6 Å². The minimum absolute atomic E-state index is 0.106. The van der Waals surface area contributed by atoms with E-state index in [1.807, 2.05) is 0 Å². The predicted octanol–water partition coefficient (Wildman–Crippen LogP) is 2.17. The fraction of sp³-hybridized carbons (Fsp3) is 0.333. The van der Waals surface area contributed by atoms with Gasteiger partial charge < -0.3 is 0 Å². The lowest BCUT2D eigenvalue weighted by molar-refractivity contribution is -0.514. The van der Waals surface area contributed by atoms with Crippen molar-refractivity contribution in [1.82, 2.24) is 0 Å². The van der Waals surface area contributed by atoms with Crippen molar-refractivity contribution in [3.8, 4) is 0 Å². The molecule has 0 heterocycles. The molecule has 1 atom stereocenters. The predicted molar refractivity (Wildman–Crippen MR) is 41.6 cm³/mol. The van der Waals surface area contributed by atoms with Crippen molar-refractivity contribution in [1.29, 1.82) is 0 Å². The standard InChI is InChI=1S/C6H5BrFNO2/c7-4-1-2-5(8)6(3-4)9(10)11/h1-2,6H,3H2. The lowest BCUT2D eigenvalue weighted by Gasteiger charge is -2.09. The highest BCUT2D eigenvalue weighted by atomic mass is 79.9. The molecule has 11 heavy (non-hydrogen) atoms. The molecule has 1 rings (SSSR count). The molecular formula is C6H5BrFNO2. The second kappa shape index (κ2) is 3.13. The van der Waals surface area contributed by atoms with Gasteiger partial charge in [0.25, 0.3) is 6.04 Å². The lowest BCUT2D eigenvalue weighted by atomic mass is 10.1. The van der Waals surface area contributed by atoms with Gasteiger partial charge in [-0.15, -0.1) is 0 Å². The van der Waals surface area contributed by atoms with Crippen molar-refractivity contribution in [2.45, 2.75) is 12.5 Å². The Labute approximate surface area is 70.9 Å². The first-order valence-corrected chi connectivity index (χ1v) is 3.76. The molecule has 0 radical (unpaired) electrons. The van der Waals surface area contributed by atoms with E-state index in [4.69, 9.17) is 0 Å². The molecular weight excluding hydrogens is 217 g/mol. The Morgan fingerprint density at radius 1 is 1.73 bits per heavy atom. The van der Waals surface area contributed by atoms with Crippen LogP contribution in [0.25, 0.3) is 0 Å². The van der Waals surface area contributed by atoms with Crippen molar-refractivity contribution in [2.75, 3.05) is 0 Å². The number of hydrogen-bond acceptors (Lipinski definition) is 2. The van der Waals surface area contributed by atoms with Crippen LogP contribution in [0.5, 0.6) is 0 Å². The van der Waals surface area contributed by atoms with Crippen LogP contribution in [0.15, 0.2) is 22.5 Å². The van der Waals surface area contributed by atoms with Crippen molar-refractivity contribution in [2.24, 2.45) is 0 Å². The van der Waals surface area contributed by atoms with Crippen LogP contribution in [0.1, 0.15) is 6.42 Å². The highest BCUT2D eigenvalue weighted by molar-refractivity contribution is 9.11. The number of rotatable bonds is 1. The van der Waals surface area contributed by atoms with E-state index in [2.05, 4.69) is 15.9 Å². The maximum absolute atomic E-state index is 12.6. The third-order valence-electron chi connectivity index (χ3n) is 1.38. The maximum Gasteiger partial charge on any atom is 0.268 e. The fourth-order valence-electron chi connectivity index (χ4n) is 0.807. The van der Waals surface area contributed by atoms with Gasteiger partial charge in [-0.3, -0.25) is 10.1 Å². The van der Waals surface area contributed by atoms with Crippen LogP contribution in [-0.4, -0.2) is 11.0 Å². The van der Waals surface area contributed by atoms with E-state index < -0.39 is 16.8 Å². The van der Waals surface area contributed by atoms with Gasteiger partial charge in [0, 0.05) is 9.41 Å². The van der Waals surface area contributed by atoms with E-state index in [1.54, 1.807) is 0 Å². The summed E-state index contributed by atoms with van der Waals surface area (Å²) < 4.78 is 13.3. The third kappa shape index (κ3) is 1.86. The van der Waals surface area contributed by atoms with Crippen LogP contribution in [-0.2, 0) is 0 Å². The number of nitrogens with zero attached hydrogens (tertiary/aromatic N) is 1. The minimum Gasteiger partial charge on any atom is -0.264 e. The molecule has 0 N–H and O–H groups in total. The van der Waals surface area contributed by atoms with Gasteiger partial charge in [-0.2, -0.15) is 0 Å². The Balaban J connectivity index is 2.81. The van der Waals surface area contributed by atoms with Crippen LogP contribution in [0, 0.1) is 10.1 Å². The molecule has 1 unspecified atom stereocenters. The molecule has 1 aliphatic rings. The molecule has 1 aliphatic carbocycles. The highest BCUT2D eigenvalue weighted by Gasteiger charge is 2.28. The smallest absolute Gasteiger partial charge is 0.264 e. The summed E-state index contributed by atoms with van der Waals surface area (Å²) in [6.07, 6.45) is 2.70. The summed E-state index contributed by atoms with van der Waals surface area (Å²) in [5.74, 6) is -0.682. The maximum atomic E-state index is 12.6. The van der Waals surface area contributed by atoms with Gasteiger partial charge >= 0.3 is 0 Å². The first-order valence-electron chi connectivity index (χ1n) is 2.96. The van der Waals surface area contributed by atoms with E-state index in [-0.39, 0.29) is 6.42 Å². The lowest BCUT2D eigenvalue weighted by Crippen LogP contribution is -2.21. The molecule has 0 aromatic rings. The summed E-state index contributed by atoms with van der Waals surface area (Å²) in [5.41, 5.74) is 0. The van der Waals surface area contributed by atoms with Crippen LogP contribution in [0.4, 0.5) is 4.39 Å². The Kier molecular flexibility index (Phi) is 2.38. The number of nitro groups is 1. The summed E-state index contributed by atoms with van der Waals surface area (Å²) in [4.78, 5) is 9.56. The second-order valence-electron chi connectivity index (χ2n) is 2.17. The zero-order valence-electron chi connectivity index (χ0n) is 5.46. The molecule has 0 spiro atoms. The molecule has 0 aliphatic heterocycles. The topological polar surface area (TPSA) is 43.1 Å². The SMILES string of the molecule is O=[N+]([O-])C1CC(Br)=CC=C1F. The van der Waals surface area contributed by atoms with Crippen LogP contribution < -0.4 is 0 Å². The van der Waals surface area contributed by atoms with E-state index in [9.17, 15) is 14.5 Å². The molecule has 0 bridgehead atoms. The third-order valence-corrected chi connectivity index (χ3v) is 1.97. The van der Waals surface area contributed by atoms with Gasteiger partial charge in [0.2, 0.25) is 0 Å². The quantitative estimate of drug-likeness (QED) is 0.504. The molecule has 0 saturated heterocycles.